The van der Waals surface area contributed by atoms with E-state index in [1.54, 1.807) is 48.3 Å². The van der Waals surface area contributed by atoms with Gasteiger partial charge in [-0.1, -0.05) is 32.9 Å². The Hall–Kier alpha value is -2.73. The van der Waals surface area contributed by atoms with Crippen LogP contribution < -0.4 is 15.5 Å². The number of benzene rings is 2. The molecule has 2 rings (SSSR count). The first-order valence-electron chi connectivity index (χ1n) is 8.65. The van der Waals surface area contributed by atoms with Crippen molar-refractivity contribution in [1.82, 2.24) is 5.32 Å². The Balaban J connectivity index is 1.97. The largest absolute Gasteiger partial charge is 0.332 e. The average Bonchev–Trinajstić information content (AvgIpc) is 2.61. The van der Waals surface area contributed by atoms with Crippen LogP contribution in [-0.2, 0) is 10.2 Å². The van der Waals surface area contributed by atoms with Crippen LogP contribution in [0.15, 0.2) is 48.5 Å². The molecule has 0 atom stereocenters. The first-order valence-corrected chi connectivity index (χ1v) is 9.06. The Kier molecular flexibility index (Phi) is 6.33. The Labute approximate surface area is 165 Å². The molecule has 6 heteroatoms. The summed E-state index contributed by atoms with van der Waals surface area (Å²) in [5, 5.41) is 5.86. The molecule has 0 aliphatic carbocycles. The number of nitrogens with one attached hydrogen (secondary N) is 2. The van der Waals surface area contributed by atoms with Gasteiger partial charge >= 0.3 is 0 Å². The van der Waals surface area contributed by atoms with Gasteiger partial charge in [-0.05, 0) is 59.6 Å². The molecule has 0 bridgehead atoms. The monoisotopic (exact) mass is 383 g/mol. The van der Waals surface area contributed by atoms with Crippen LogP contribution in [0.1, 0.15) is 43.6 Å². The maximum Gasteiger partial charge on any atom is 0.257 e. The summed E-state index contributed by atoms with van der Waals surface area (Å²) in [5.74, 6) is -0.308. The Morgan fingerprint density at radius 2 is 1.52 bits per heavy atom. The molecule has 142 valence electrons. The topological polar surface area (TPSA) is 61.4 Å². The molecule has 2 amide bonds. The number of nitrogens with zero attached hydrogens (tertiary/aromatic N) is 1. The van der Waals surface area contributed by atoms with Crippen LogP contribution in [0.5, 0.6) is 0 Å². The summed E-state index contributed by atoms with van der Waals surface area (Å²) in [4.78, 5) is 25.3. The second-order valence-electron chi connectivity index (χ2n) is 7.36. The van der Waals surface area contributed by atoms with Crippen molar-refractivity contribution < 1.29 is 9.59 Å². The lowest BCUT2D eigenvalue weighted by atomic mass is 9.87. The van der Waals surface area contributed by atoms with Crippen molar-refractivity contribution in [2.75, 3.05) is 17.3 Å². The van der Waals surface area contributed by atoms with E-state index in [-0.39, 0.29) is 22.3 Å². The van der Waals surface area contributed by atoms with Crippen molar-refractivity contribution in [1.29, 1.82) is 0 Å². The predicted molar refractivity (Wildman–Crippen MR) is 114 cm³/mol. The second-order valence-corrected chi connectivity index (χ2v) is 7.77. The van der Waals surface area contributed by atoms with Gasteiger partial charge in [-0.2, -0.15) is 0 Å². The third-order valence-corrected chi connectivity index (χ3v) is 4.43. The molecule has 0 saturated carbocycles. The van der Waals surface area contributed by atoms with E-state index in [0.29, 0.717) is 5.56 Å². The summed E-state index contributed by atoms with van der Waals surface area (Å²) >= 11 is 5.22. The summed E-state index contributed by atoms with van der Waals surface area (Å²) in [7, 11) is 1.71. The molecule has 0 saturated heterocycles. The molecule has 0 radical (unpaired) electrons. The van der Waals surface area contributed by atoms with Gasteiger partial charge in [0.1, 0.15) is 0 Å². The summed E-state index contributed by atoms with van der Waals surface area (Å²) < 4.78 is 0. The van der Waals surface area contributed by atoms with Crippen molar-refractivity contribution in [2.24, 2.45) is 0 Å². The minimum atomic E-state index is -0.263. The van der Waals surface area contributed by atoms with Crippen LogP contribution in [0.25, 0.3) is 0 Å². The summed E-state index contributed by atoms with van der Waals surface area (Å²) in [6.07, 6.45) is 0. The van der Waals surface area contributed by atoms with Crippen LogP contribution in [0.3, 0.4) is 0 Å². The molecule has 0 aliphatic rings. The molecule has 2 N–H and O–H groups in total. The second kappa shape index (κ2) is 8.31. The third kappa shape index (κ3) is 5.62. The van der Waals surface area contributed by atoms with Crippen molar-refractivity contribution in [3.8, 4) is 0 Å². The van der Waals surface area contributed by atoms with Crippen LogP contribution in [0.4, 0.5) is 11.4 Å². The molecule has 2 aromatic rings. The van der Waals surface area contributed by atoms with Crippen LogP contribution >= 0.6 is 12.2 Å². The van der Waals surface area contributed by atoms with Crippen LogP contribution in [0.2, 0.25) is 0 Å². The van der Waals surface area contributed by atoms with Gasteiger partial charge in [0, 0.05) is 30.9 Å². The predicted octanol–water partition coefficient (Wildman–Crippen LogP) is 4.09. The zero-order chi connectivity index (χ0) is 20.2. The molecule has 27 heavy (non-hydrogen) atoms. The smallest absolute Gasteiger partial charge is 0.257 e. The molecule has 0 fully saturated rings. The lowest BCUT2D eigenvalue weighted by molar-refractivity contribution is -0.116. The van der Waals surface area contributed by atoms with Crippen molar-refractivity contribution in [2.45, 2.75) is 33.1 Å². The number of carbonyl (C=O) groups excluding carboxylic acids is 2. The number of thiocarbonyl (C=S) groups is 1. The lowest BCUT2D eigenvalue weighted by Gasteiger charge is -2.19. The normalized spacial score (nSPS) is 10.9. The van der Waals surface area contributed by atoms with Crippen molar-refractivity contribution in [3.05, 3.63) is 59.7 Å². The van der Waals surface area contributed by atoms with Crippen molar-refractivity contribution in [3.63, 3.8) is 0 Å². The van der Waals surface area contributed by atoms with E-state index in [9.17, 15) is 9.59 Å². The molecular formula is C21H25N3O2S. The van der Waals surface area contributed by atoms with Gasteiger partial charge in [-0.15, -0.1) is 0 Å². The van der Waals surface area contributed by atoms with E-state index < -0.39 is 0 Å². The van der Waals surface area contributed by atoms with E-state index in [0.717, 1.165) is 16.9 Å². The number of anilines is 2. The van der Waals surface area contributed by atoms with E-state index in [2.05, 4.69) is 31.4 Å². The minimum absolute atomic E-state index is 0.0362. The fraction of sp³-hybridized carbons (Fsp3) is 0.286. The van der Waals surface area contributed by atoms with E-state index in [1.165, 1.54) is 6.92 Å². The van der Waals surface area contributed by atoms with Crippen molar-refractivity contribution >= 4 is 40.5 Å². The standard InChI is InChI=1S/C21H25N3O2S/c1-14(25)24(5)18-12-10-17(11-13-18)22-20(27)23-19(26)15-6-8-16(9-7-15)21(2,3)4/h6-13H,1-5H3,(H2,22,23,26,27). The maximum atomic E-state index is 12.3. The van der Waals surface area contributed by atoms with Gasteiger partial charge in [0.2, 0.25) is 5.91 Å². The molecule has 0 aromatic heterocycles. The van der Waals surface area contributed by atoms with Gasteiger partial charge in [0.05, 0.1) is 0 Å². The Morgan fingerprint density at radius 1 is 0.963 bits per heavy atom. The molecule has 5 nitrogen and oxygen atoms in total. The number of amides is 2. The zero-order valence-corrected chi connectivity index (χ0v) is 17.1. The highest BCUT2D eigenvalue weighted by Gasteiger charge is 2.15. The third-order valence-electron chi connectivity index (χ3n) is 4.22. The average molecular weight is 384 g/mol. The number of carbonyl (C=O) groups is 2. The summed E-state index contributed by atoms with van der Waals surface area (Å²) in [5.41, 5.74) is 3.25. The zero-order valence-electron chi connectivity index (χ0n) is 16.3. The van der Waals surface area contributed by atoms with Gasteiger partial charge in [0.25, 0.3) is 5.91 Å². The molecule has 0 unspecified atom stereocenters. The first-order chi connectivity index (χ1) is 12.6. The highest BCUT2D eigenvalue weighted by atomic mass is 32.1. The van der Waals surface area contributed by atoms with Gasteiger partial charge in [-0.25, -0.2) is 0 Å². The molecule has 0 heterocycles. The van der Waals surface area contributed by atoms with E-state index in [4.69, 9.17) is 12.2 Å². The first kappa shape index (κ1) is 20.6. The highest BCUT2D eigenvalue weighted by Crippen LogP contribution is 2.22. The molecular weight excluding hydrogens is 358 g/mol. The Morgan fingerprint density at radius 3 is 2.00 bits per heavy atom. The molecule has 0 spiro atoms. The maximum absolute atomic E-state index is 12.3. The number of rotatable bonds is 3. The summed E-state index contributed by atoms with van der Waals surface area (Å²) in [6, 6.07) is 14.7. The molecule has 2 aromatic carbocycles. The Bertz CT molecular complexity index is 837. The van der Waals surface area contributed by atoms with Crippen LogP contribution in [-0.4, -0.2) is 24.0 Å². The van der Waals surface area contributed by atoms with E-state index in [1.807, 2.05) is 12.1 Å². The fourth-order valence-corrected chi connectivity index (χ4v) is 2.62. The SMILES string of the molecule is CC(=O)N(C)c1ccc(NC(=S)NC(=O)c2ccc(C(C)(C)C)cc2)cc1. The summed E-state index contributed by atoms with van der Waals surface area (Å²) in [6.45, 7) is 7.88. The van der Waals surface area contributed by atoms with Crippen LogP contribution in [0, 0.1) is 0 Å². The van der Waals surface area contributed by atoms with Gasteiger partial charge in [-0.3, -0.25) is 14.9 Å². The quantitative estimate of drug-likeness (QED) is 0.784. The molecule has 0 aliphatic heterocycles. The number of hydrogen-bond acceptors (Lipinski definition) is 3. The van der Waals surface area contributed by atoms with Gasteiger partial charge < -0.3 is 10.2 Å². The minimum Gasteiger partial charge on any atom is -0.332 e. The lowest BCUT2D eigenvalue weighted by Crippen LogP contribution is -2.34. The fourth-order valence-electron chi connectivity index (χ4n) is 2.41. The highest BCUT2D eigenvalue weighted by molar-refractivity contribution is 7.80. The van der Waals surface area contributed by atoms with E-state index >= 15 is 0 Å². The van der Waals surface area contributed by atoms with Gasteiger partial charge in [0.15, 0.2) is 5.11 Å². The number of hydrogen-bond donors (Lipinski definition) is 2.